The molecule has 0 radical (unpaired) electrons. The Labute approximate surface area is 168 Å². The second kappa shape index (κ2) is 7.67. The fourth-order valence-corrected chi connectivity index (χ4v) is 3.51. The lowest BCUT2D eigenvalue weighted by atomic mass is 10.2. The highest BCUT2D eigenvalue weighted by molar-refractivity contribution is 7.98. The number of aryl methyl sites for hydroxylation is 1. The summed E-state index contributed by atoms with van der Waals surface area (Å²) in [6.07, 6.45) is 3.44. The van der Waals surface area contributed by atoms with Gasteiger partial charge in [-0.2, -0.15) is 0 Å². The van der Waals surface area contributed by atoms with Crippen molar-refractivity contribution in [2.75, 3.05) is 0 Å². The Morgan fingerprint density at radius 3 is 2.67 bits per heavy atom. The lowest BCUT2D eigenvalue weighted by Gasteiger charge is -2.10. The van der Waals surface area contributed by atoms with Gasteiger partial charge in [0, 0.05) is 24.9 Å². The molecule has 4 rings (SSSR count). The number of rotatable bonds is 5. The maximum Gasteiger partial charge on any atom is 0.226 e. The van der Waals surface area contributed by atoms with Gasteiger partial charge in [-0.25, -0.2) is 0 Å². The molecular formula is C17H12Cl2N6OS. The first-order valence-corrected chi connectivity index (χ1v) is 9.59. The third-order valence-corrected chi connectivity index (χ3v) is 5.26. The van der Waals surface area contributed by atoms with Gasteiger partial charge in [0.25, 0.3) is 0 Å². The number of pyridine rings is 1. The SMILES string of the molecule is Cc1nnc(CSc2nnc(-c3cccnc3)n2-c2ccc(Cl)c(Cl)c2)o1. The van der Waals surface area contributed by atoms with Gasteiger partial charge in [-0.3, -0.25) is 9.55 Å². The summed E-state index contributed by atoms with van der Waals surface area (Å²) in [6.45, 7) is 1.75. The highest BCUT2D eigenvalue weighted by atomic mass is 35.5. The molecule has 10 heteroatoms. The normalized spacial score (nSPS) is 11.1. The number of aromatic nitrogens is 6. The van der Waals surface area contributed by atoms with Crippen LogP contribution in [0.25, 0.3) is 17.1 Å². The van der Waals surface area contributed by atoms with Crippen molar-refractivity contribution in [1.29, 1.82) is 0 Å². The standard InChI is InChI=1S/C17H12Cl2N6OS/c1-10-21-22-15(26-10)9-27-17-24-23-16(11-3-2-6-20-8-11)25(17)12-4-5-13(18)14(19)7-12/h2-8H,9H2,1H3. The van der Waals surface area contributed by atoms with Crippen LogP contribution in [0.1, 0.15) is 11.8 Å². The number of halogens is 2. The largest absolute Gasteiger partial charge is 0.425 e. The summed E-state index contributed by atoms with van der Waals surface area (Å²) in [5, 5.41) is 18.1. The van der Waals surface area contributed by atoms with Crippen LogP contribution in [0.2, 0.25) is 10.0 Å². The molecule has 0 unspecified atom stereocenters. The monoisotopic (exact) mass is 418 g/mol. The first kappa shape index (κ1) is 18.0. The molecule has 0 saturated carbocycles. The zero-order chi connectivity index (χ0) is 18.8. The summed E-state index contributed by atoms with van der Waals surface area (Å²) < 4.78 is 7.32. The summed E-state index contributed by atoms with van der Waals surface area (Å²) in [7, 11) is 0. The third-order valence-electron chi connectivity index (χ3n) is 3.61. The van der Waals surface area contributed by atoms with E-state index in [0.717, 1.165) is 11.3 Å². The minimum absolute atomic E-state index is 0.448. The quantitative estimate of drug-likeness (QED) is 0.437. The average molecular weight is 419 g/mol. The Hall–Kier alpha value is -2.42. The molecule has 136 valence electrons. The molecule has 4 aromatic rings. The van der Waals surface area contributed by atoms with Crippen LogP contribution >= 0.6 is 35.0 Å². The molecule has 27 heavy (non-hydrogen) atoms. The fourth-order valence-electron chi connectivity index (χ4n) is 2.42. The minimum atomic E-state index is 0.448. The van der Waals surface area contributed by atoms with Gasteiger partial charge in [0.05, 0.1) is 21.5 Å². The predicted octanol–water partition coefficient (Wildman–Crippen LogP) is 4.62. The maximum atomic E-state index is 6.22. The van der Waals surface area contributed by atoms with E-state index in [4.69, 9.17) is 27.6 Å². The highest BCUT2D eigenvalue weighted by Crippen LogP contribution is 2.32. The number of nitrogens with zero attached hydrogens (tertiary/aromatic N) is 6. The van der Waals surface area contributed by atoms with Gasteiger partial charge in [-0.15, -0.1) is 20.4 Å². The molecule has 1 aromatic carbocycles. The topological polar surface area (TPSA) is 82.5 Å². The molecule has 0 atom stereocenters. The summed E-state index contributed by atoms with van der Waals surface area (Å²) in [4.78, 5) is 4.16. The Kier molecular flexibility index (Phi) is 5.11. The van der Waals surface area contributed by atoms with Crippen LogP contribution < -0.4 is 0 Å². The maximum absolute atomic E-state index is 6.22. The smallest absolute Gasteiger partial charge is 0.226 e. The van der Waals surface area contributed by atoms with Crippen LogP contribution in [0.3, 0.4) is 0 Å². The van der Waals surface area contributed by atoms with E-state index in [0.29, 0.717) is 38.6 Å². The van der Waals surface area contributed by atoms with Crippen LogP contribution in [0.15, 0.2) is 52.3 Å². The minimum Gasteiger partial charge on any atom is -0.425 e. The Balaban J connectivity index is 1.76. The zero-order valence-corrected chi connectivity index (χ0v) is 16.3. The molecule has 7 nitrogen and oxygen atoms in total. The van der Waals surface area contributed by atoms with E-state index in [9.17, 15) is 0 Å². The average Bonchev–Trinajstić information content (AvgIpc) is 3.29. The summed E-state index contributed by atoms with van der Waals surface area (Å²) >= 11 is 13.7. The van der Waals surface area contributed by atoms with Crippen molar-refractivity contribution in [3.63, 3.8) is 0 Å². The van der Waals surface area contributed by atoms with Crippen molar-refractivity contribution >= 4 is 35.0 Å². The van der Waals surface area contributed by atoms with Gasteiger partial charge in [0.2, 0.25) is 11.8 Å². The first-order valence-electron chi connectivity index (χ1n) is 7.85. The first-order chi connectivity index (χ1) is 13.1. The lowest BCUT2D eigenvalue weighted by molar-refractivity contribution is 0.485. The summed E-state index contributed by atoms with van der Waals surface area (Å²) in [5.41, 5.74) is 1.62. The van der Waals surface area contributed by atoms with Crippen LogP contribution in [-0.2, 0) is 5.75 Å². The lowest BCUT2D eigenvalue weighted by Crippen LogP contribution is -2.00. The van der Waals surface area contributed by atoms with Crippen LogP contribution in [0, 0.1) is 6.92 Å². The van der Waals surface area contributed by atoms with Gasteiger partial charge in [-0.1, -0.05) is 35.0 Å². The van der Waals surface area contributed by atoms with Crippen LogP contribution in [-0.4, -0.2) is 29.9 Å². The molecule has 0 aliphatic carbocycles. The molecule has 0 aliphatic heterocycles. The van der Waals surface area contributed by atoms with Crippen molar-refractivity contribution in [1.82, 2.24) is 29.9 Å². The van der Waals surface area contributed by atoms with E-state index in [1.165, 1.54) is 11.8 Å². The predicted molar refractivity (Wildman–Crippen MR) is 103 cm³/mol. The van der Waals surface area contributed by atoms with E-state index >= 15 is 0 Å². The van der Waals surface area contributed by atoms with Gasteiger partial charge >= 0.3 is 0 Å². The summed E-state index contributed by atoms with van der Waals surface area (Å²) in [5.74, 6) is 2.15. The highest BCUT2D eigenvalue weighted by Gasteiger charge is 2.18. The molecule has 0 saturated heterocycles. The molecule has 0 spiro atoms. The van der Waals surface area contributed by atoms with E-state index in [2.05, 4.69) is 25.4 Å². The van der Waals surface area contributed by atoms with Gasteiger partial charge in [0.15, 0.2) is 11.0 Å². The van der Waals surface area contributed by atoms with E-state index < -0.39 is 0 Å². The Morgan fingerprint density at radius 2 is 1.96 bits per heavy atom. The molecule has 0 aliphatic rings. The van der Waals surface area contributed by atoms with E-state index in [1.807, 2.05) is 22.8 Å². The van der Waals surface area contributed by atoms with Crippen molar-refractivity contribution < 1.29 is 4.42 Å². The van der Waals surface area contributed by atoms with Gasteiger partial charge < -0.3 is 4.42 Å². The molecule has 0 N–H and O–H groups in total. The molecule has 0 amide bonds. The second-order valence-corrected chi connectivity index (χ2v) is 7.24. The van der Waals surface area contributed by atoms with Gasteiger partial charge in [0.1, 0.15) is 0 Å². The summed E-state index contributed by atoms with van der Waals surface area (Å²) in [6, 6.07) is 9.13. The van der Waals surface area contributed by atoms with Crippen molar-refractivity contribution in [3.8, 4) is 17.1 Å². The van der Waals surface area contributed by atoms with Crippen LogP contribution in [0.5, 0.6) is 0 Å². The molecular weight excluding hydrogens is 407 g/mol. The van der Waals surface area contributed by atoms with E-state index in [1.54, 1.807) is 31.5 Å². The molecule has 0 fully saturated rings. The Morgan fingerprint density at radius 1 is 1.07 bits per heavy atom. The zero-order valence-electron chi connectivity index (χ0n) is 14.0. The van der Waals surface area contributed by atoms with Crippen molar-refractivity contribution in [2.45, 2.75) is 17.8 Å². The van der Waals surface area contributed by atoms with Crippen molar-refractivity contribution in [3.05, 3.63) is 64.6 Å². The molecule has 3 heterocycles. The second-order valence-electron chi connectivity index (χ2n) is 5.49. The van der Waals surface area contributed by atoms with Crippen molar-refractivity contribution in [2.24, 2.45) is 0 Å². The van der Waals surface area contributed by atoms with Crippen LogP contribution in [0.4, 0.5) is 0 Å². The fraction of sp³-hybridized carbons (Fsp3) is 0.118. The van der Waals surface area contributed by atoms with Gasteiger partial charge in [-0.05, 0) is 30.3 Å². The molecule has 3 aromatic heterocycles. The van der Waals surface area contributed by atoms with E-state index in [-0.39, 0.29) is 0 Å². The third kappa shape index (κ3) is 3.83. The Bertz CT molecular complexity index is 1080. The number of hydrogen-bond acceptors (Lipinski definition) is 7. The number of benzene rings is 1. The number of hydrogen-bond donors (Lipinski definition) is 0. The number of thioether (sulfide) groups is 1. The molecule has 0 bridgehead atoms.